The smallest absolute Gasteiger partial charge is 0.258 e. The zero-order chi connectivity index (χ0) is 14.1. The number of phenolic OH excluding ortho intramolecular Hbond substituents is 1. The van der Waals surface area contributed by atoms with Crippen LogP contribution in [-0.4, -0.2) is 32.0 Å². The minimum Gasteiger partial charge on any atom is -0.507 e. The number of thioether (sulfide) groups is 2. The summed E-state index contributed by atoms with van der Waals surface area (Å²) < 4.78 is 6.15. The molecule has 2 aromatic rings. The third-order valence-electron chi connectivity index (χ3n) is 3.08. The Balaban J connectivity index is 1.87. The maximum Gasteiger partial charge on any atom is 0.258 e. The van der Waals surface area contributed by atoms with Gasteiger partial charge in [0.05, 0.1) is 8.82 Å². The third-order valence-corrected chi connectivity index (χ3v) is 7.08. The van der Waals surface area contributed by atoms with E-state index in [4.69, 9.17) is 4.52 Å². The van der Waals surface area contributed by atoms with E-state index in [0.717, 1.165) is 20.7 Å². The molecule has 0 aliphatic carbocycles. The van der Waals surface area contributed by atoms with Crippen molar-refractivity contribution in [3.05, 3.63) is 27.6 Å². The number of nitrogens with zero attached hydrogens (tertiary/aromatic N) is 2. The fourth-order valence-electron chi connectivity index (χ4n) is 2.03. The zero-order valence-electron chi connectivity index (χ0n) is 10.7. The number of benzene rings is 1. The molecule has 1 aromatic heterocycles. The van der Waals surface area contributed by atoms with Crippen molar-refractivity contribution in [1.29, 1.82) is 0 Å². The number of hydrogen-bond acceptors (Lipinski definition) is 6. The highest BCUT2D eigenvalue weighted by molar-refractivity contribution is 14.1. The zero-order valence-corrected chi connectivity index (χ0v) is 14.5. The number of rotatable bonds is 2. The fourth-order valence-corrected chi connectivity index (χ4v) is 5.04. The molecule has 1 N–H and O–H groups in total. The summed E-state index contributed by atoms with van der Waals surface area (Å²) in [5.41, 5.74) is 0.753. The summed E-state index contributed by atoms with van der Waals surface area (Å²) in [6, 6.07) is 5.37. The van der Waals surface area contributed by atoms with Gasteiger partial charge in [0.1, 0.15) is 5.75 Å². The molecule has 3 rings (SSSR count). The first-order valence-corrected chi connectivity index (χ1v) is 9.38. The monoisotopic (exact) mass is 420 g/mol. The minimum atomic E-state index is 0.235. The molecule has 1 fully saturated rings. The van der Waals surface area contributed by atoms with Crippen molar-refractivity contribution in [1.82, 2.24) is 10.1 Å². The Labute approximate surface area is 139 Å². The van der Waals surface area contributed by atoms with Crippen molar-refractivity contribution in [3.63, 3.8) is 0 Å². The molecule has 0 radical (unpaired) electrons. The molecule has 0 bridgehead atoms. The van der Waals surface area contributed by atoms with E-state index >= 15 is 0 Å². The van der Waals surface area contributed by atoms with Crippen LogP contribution in [0.1, 0.15) is 18.0 Å². The van der Waals surface area contributed by atoms with Gasteiger partial charge in [0.15, 0.2) is 5.82 Å². The predicted molar refractivity (Wildman–Crippen MR) is 91.2 cm³/mol. The number of hydrogen-bond donors (Lipinski definition) is 1. The van der Waals surface area contributed by atoms with E-state index in [1.807, 2.05) is 35.7 Å². The molecular weight excluding hydrogens is 407 g/mol. The highest BCUT2D eigenvalue weighted by Gasteiger charge is 2.28. The van der Waals surface area contributed by atoms with Crippen LogP contribution in [0.5, 0.6) is 5.75 Å². The molecule has 7 heteroatoms. The van der Waals surface area contributed by atoms with Crippen LogP contribution in [0, 0.1) is 3.57 Å². The summed E-state index contributed by atoms with van der Waals surface area (Å²) >= 11 is 5.91. The van der Waals surface area contributed by atoms with Crippen LogP contribution in [0.25, 0.3) is 11.5 Å². The summed E-state index contributed by atoms with van der Waals surface area (Å²) in [7, 11) is 0. The molecule has 0 spiro atoms. The molecule has 20 heavy (non-hydrogen) atoms. The van der Waals surface area contributed by atoms with Crippen LogP contribution >= 0.6 is 46.1 Å². The van der Waals surface area contributed by atoms with Crippen LogP contribution in [0.2, 0.25) is 0 Å². The lowest BCUT2D eigenvalue weighted by Crippen LogP contribution is -2.16. The molecule has 1 aliphatic rings. The van der Waals surface area contributed by atoms with E-state index in [1.54, 1.807) is 6.07 Å². The molecule has 2 heterocycles. The average Bonchev–Trinajstić information content (AvgIpc) is 2.92. The van der Waals surface area contributed by atoms with Gasteiger partial charge >= 0.3 is 0 Å². The molecule has 1 aliphatic heterocycles. The Morgan fingerprint density at radius 2 is 2.15 bits per heavy atom. The second-order valence-corrected chi connectivity index (χ2v) is 8.39. The van der Waals surface area contributed by atoms with Crippen molar-refractivity contribution in [3.8, 4) is 17.2 Å². The number of halogens is 1. The normalized spacial score (nSPS) is 22.9. The second-order valence-electron chi connectivity index (χ2n) is 4.49. The maximum atomic E-state index is 9.75. The third kappa shape index (κ3) is 2.94. The summed E-state index contributed by atoms with van der Waals surface area (Å²) in [5.74, 6) is 3.75. The van der Waals surface area contributed by atoms with Gasteiger partial charge in [0.2, 0.25) is 0 Å². The summed E-state index contributed by atoms with van der Waals surface area (Å²) in [6.45, 7) is 2.20. The van der Waals surface area contributed by atoms with Gasteiger partial charge in [-0.05, 0) is 40.8 Å². The fraction of sp³-hybridized carbons (Fsp3) is 0.385. The minimum absolute atomic E-state index is 0.235. The Hall–Kier alpha value is -0.410. The lowest BCUT2D eigenvalue weighted by atomic mass is 10.2. The second kappa shape index (κ2) is 6.15. The molecule has 1 aromatic carbocycles. The number of aromatic hydroxyl groups is 1. The van der Waals surface area contributed by atoms with Crippen molar-refractivity contribution in [2.45, 2.75) is 17.4 Å². The van der Waals surface area contributed by atoms with Crippen LogP contribution in [0.3, 0.4) is 0 Å². The molecule has 0 amide bonds. The molecule has 1 saturated heterocycles. The molecule has 0 saturated carbocycles. The maximum absolute atomic E-state index is 9.75. The van der Waals surface area contributed by atoms with Gasteiger partial charge in [-0.1, -0.05) is 12.1 Å². The first-order chi connectivity index (χ1) is 9.65. The summed E-state index contributed by atoms with van der Waals surface area (Å²) in [5, 5.41) is 14.6. The Kier molecular flexibility index (Phi) is 4.46. The molecule has 4 nitrogen and oxygen atoms in total. The van der Waals surface area contributed by atoms with Crippen LogP contribution in [0.15, 0.2) is 22.7 Å². The lowest BCUT2D eigenvalue weighted by Gasteiger charge is -2.24. The van der Waals surface area contributed by atoms with E-state index in [-0.39, 0.29) is 11.0 Å². The van der Waals surface area contributed by atoms with Crippen LogP contribution in [0.4, 0.5) is 0 Å². The van der Waals surface area contributed by atoms with Crippen LogP contribution in [-0.2, 0) is 0 Å². The standard InChI is InChI=1S/C13H13IN2O2S2/c1-7-11(20-5-4-19-7)12-15-13(18-16-12)8-2-3-9(14)10(17)6-8/h2-3,6-7,11,17H,4-5H2,1H3. The predicted octanol–water partition coefficient (Wildman–Crippen LogP) is 3.96. The lowest BCUT2D eigenvalue weighted by molar-refractivity contribution is 0.421. The summed E-state index contributed by atoms with van der Waals surface area (Å²) in [6.07, 6.45) is 0. The quantitative estimate of drug-likeness (QED) is 0.743. The number of aromatic nitrogens is 2. The first kappa shape index (κ1) is 14.5. The molecule has 2 unspecified atom stereocenters. The van der Waals surface area contributed by atoms with Crippen molar-refractivity contribution < 1.29 is 9.63 Å². The van der Waals surface area contributed by atoms with Gasteiger partial charge in [-0.15, -0.1) is 11.8 Å². The van der Waals surface area contributed by atoms with Crippen molar-refractivity contribution in [2.24, 2.45) is 0 Å². The van der Waals surface area contributed by atoms with E-state index in [2.05, 4.69) is 39.7 Å². The first-order valence-electron chi connectivity index (χ1n) is 6.21. The molecule has 2 atom stereocenters. The number of phenols is 1. The highest BCUT2D eigenvalue weighted by Crippen LogP contribution is 2.41. The largest absolute Gasteiger partial charge is 0.507 e. The molecular formula is C13H13IN2O2S2. The van der Waals surface area contributed by atoms with Gasteiger partial charge in [-0.25, -0.2) is 0 Å². The van der Waals surface area contributed by atoms with E-state index in [1.165, 1.54) is 5.75 Å². The van der Waals surface area contributed by atoms with Crippen molar-refractivity contribution in [2.75, 3.05) is 11.5 Å². The van der Waals surface area contributed by atoms with E-state index in [9.17, 15) is 5.11 Å². The Morgan fingerprint density at radius 1 is 1.35 bits per heavy atom. The SMILES string of the molecule is CC1SCCSC1c1noc(-c2ccc(I)c(O)c2)n1. The van der Waals surface area contributed by atoms with Gasteiger partial charge in [-0.3, -0.25) is 0 Å². The van der Waals surface area contributed by atoms with Crippen LogP contribution < -0.4 is 0 Å². The Morgan fingerprint density at radius 3 is 2.90 bits per heavy atom. The average molecular weight is 420 g/mol. The Bertz CT molecular complexity index is 620. The topological polar surface area (TPSA) is 59.2 Å². The highest BCUT2D eigenvalue weighted by atomic mass is 127. The van der Waals surface area contributed by atoms with Gasteiger partial charge < -0.3 is 9.63 Å². The molecule has 106 valence electrons. The summed E-state index contributed by atoms with van der Waals surface area (Å²) in [4.78, 5) is 4.50. The van der Waals surface area contributed by atoms with E-state index in [0.29, 0.717) is 11.1 Å². The van der Waals surface area contributed by atoms with Gasteiger partial charge in [-0.2, -0.15) is 16.7 Å². The van der Waals surface area contributed by atoms with Gasteiger partial charge in [0, 0.05) is 22.3 Å². The van der Waals surface area contributed by atoms with E-state index < -0.39 is 0 Å². The van der Waals surface area contributed by atoms with Gasteiger partial charge in [0.25, 0.3) is 5.89 Å². The van der Waals surface area contributed by atoms with Crippen molar-refractivity contribution >= 4 is 46.1 Å².